The predicted molar refractivity (Wildman–Crippen MR) is 66.5 cm³/mol. The molecule has 0 fully saturated rings. The van der Waals surface area contributed by atoms with Crippen LogP contribution in [0.2, 0.25) is 0 Å². The summed E-state index contributed by atoms with van der Waals surface area (Å²) >= 11 is 0. The summed E-state index contributed by atoms with van der Waals surface area (Å²) in [5, 5.41) is 2.56. The molecular weight excluding hydrogens is 255 g/mol. The van der Waals surface area contributed by atoms with Crippen molar-refractivity contribution in [3.8, 4) is 12.3 Å². The highest BCUT2D eigenvalue weighted by Crippen LogP contribution is 2.29. The zero-order chi connectivity index (χ0) is 14.3. The van der Waals surface area contributed by atoms with Crippen LogP contribution in [0.5, 0.6) is 0 Å². The molecule has 0 atom stereocenters. The van der Waals surface area contributed by atoms with E-state index in [-0.39, 0.29) is 5.56 Å². The third-order valence-electron chi connectivity index (χ3n) is 2.49. The molecule has 19 heavy (non-hydrogen) atoms. The molecule has 1 amide bonds. The number of halogens is 3. The minimum atomic E-state index is -4.44. The van der Waals surface area contributed by atoms with E-state index in [2.05, 4.69) is 11.2 Å². The fourth-order valence-corrected chi connectivity index (χ4v) is 1.49. The summed E-state index contributed by atoms with van der Waals surface area (Å²) in [6.07, 6.45) is 2.74. The fraction of sp³-hybridized carbons (Fsp3) is 0.357. The van der Waals surface area contributed by atoms with Crippen LogP contribution in [-0.2, 0) is 6.18 Å². The van der Waals surface area contributed by atoms with Gasteiger partial charge in [0.2, 0.25) is 0 Å². The van der Waals surface area contributed by atoms with Gasteiger partial charge in [0.05, 0.1) is 5.56 Å². The summed E-state index contributed by atoms with van der Waals surface area (Å²) in [5.41, 5.74) is -0.820. The van der Waals surface area contributed by atoms with Gasteiger partial charge in [0.25, 0.3) is 5.91 Å². The molecule has 102 valence electrons. The fourth-order valence-electron chi connectivity index (χ4n) is 1.49. The van der Waals surface area contributed by atoms with E-state index >= 15 is 0 Å². The van der Waals surface area contributed by atoms with Crippen LogP contribution in [0.25, 0.3) is 0 Å². The number of carbonyl (C=O) groups excluding carboxylic acids is 1. The van der Waals surface area contributed by atoms with Crippen molar-refractivity contribution in [2.75, 3.05) is 6.54 Å². The number of carbonyl (C=O) groups is 1. The van der Waals surface area contributed by atoms with E-state index in [0.29, 0.717) is 19.4 Å². The normalized spacial score (nSPS) is 10.8. The van der Waals surface area contributed by atoms with Gasteiger partial charge in [0, 0.05) is 18.5 Å². The highest BCUT2D eigenvalue weighted by molar-refractivity contribution is 5.94. The molecule has 0 saturated heterocycles. The zero-order valence-corrected chi connectivity index (χ0v) is 10.3. The van der Waals surface area contributed by atoms with Crippen LogP contribution in [0.15, 0.2) is 24.3 Å². The minimum Gasteiger partial charge on any atom is -0.352 e. The van der Waals surface area contributed by atoms with E-state index in [1.54, 1.807) is 0 Å². The van der Waals surface area contributed by atoms with Crippen LogP contribution in [0.4, 0.5) is 13.2 Å². The number of rotatable bonds is 5. The Balaban J connectivity index is 2.56. The first-order valence-electron chi connectivity index (χ1n) is 5.84. The molecule has 1 N–H and O–H groups in total. The Morgan fingerprint density at radius 2 is 2.05 bits per heavy atom. The molecule has 0 radical (unpaired) electrons. The monoisotopic (exact) mass is 269 g/mol. The van der Waals surface area contributed by atoms with Crippen LogP contribution in [0.1, 0.15) is 35.2 Å². The average Bonchev–Trinajstić information content (AvgIpc) is 2.37. The van der Waals surface area contributed by atoms with Gasteiger partial charge in [-0.25, -0.2) is 0 Å². The maximum Gasteiger partial charge on any atom is 0.416 e. The Morgan fingerprint density at radius 3 is 2.68 bits per heavy atom. The number of amides is 1. The molecule has 0 unspecified atom stereocenters. The summed E-state index contributed by atoms with van der Waals surface area (Å²) < 4.78 is 37.4. The Kier molecular flexibility index (Phi) is 5.43. The van der Waals surface area contributed by atoms with Crippen LogP contribution < -0.4 is 5.32 Å². The molecule has 0 bridgehead atoms. The lowest BCUT2D eigenvalue weighted by molar-refractivity contribution is -0.137. The number of nitrogens with one attached hydrogen (secondary N) is 1. The van der Waals surface area contributed by atoms with E-state index in [4.69, 9.17) is 6.42 Å². The molecule has 0 aliphatic carbocycles. The van der Waals surface area contributed by atoms with E-state index in [1.165, 1.54) is 12.1 Å². The molecule has 1 aromatic rings. The number of benzene rings is 1. The first-order valence-corrected chi connectivity index (χ1v) is 5.84. The Morgan fingerprint density at radius 1 is 1.32 bits per heavy atom. The number of alkyl halides is 3. The van der Waals surface area contributed by atoms with Crippen LogP contribution in [0.3, 0.4) is 0 Å². The molecule has 1 aromatic carbocycles. The minimum absolute atomic E-state index is 0.00627. The lowest BCUT2D eigenvalue weighted by Gasteiger charge is -2.09. The van der Waals surface area contributed by atoms with Crippen molar-refractivity contribution in [3.05, 3.63) is 35.4 Å². The molecular formula is C14H14F3NO. The first kappa shape index (κ1) is 15.1. The van der Waals surface area contributed by atoms with E-state index in [0.717, 1.165) is 18.6 Å². The van der Waals surface area contributed by atoms with Crippen molar-refractivity contribution in [1.29, 1.82) is 0 Å². The Bertz CT molecular complexity index is 474. The van der Waals surface area contributed by atoms with Gasteiger partial charge in [-0.3, -0.25) is 4.79 Å². The number of terminal acetylenes is 1. The SMILES string of the molecule is C#CCCCCNC(=O)c1cccc(C(F)(F)F)c1. The summed E-state index contributed by atoms with van der Waals surface area (Å²) in [6, 6.07) is 4.35. The zero-order valence-electron chi connectivity index (χ0n) is 10.3. The average molecular weight is 269 g/mol. The summed E-state index contributed by atoms with van der Waals surface area (Å²) in [7, 11) is 0. The van der Waals surface area contributed by atoms with Crippen molar-refractivity contribution in [3.63, 3.8) is 0 Å². The largest absolute Gasteiger partial charge is 0.416 e. The lowest BCUT2D eigenvalue weighted by atomic mass is 10.1. The second kappa shape index (κ2) is 6.83. The quantitative estimate of drug-likeness (QED) is 0.645. The van der Waals surface area contributed by atoms with Gasteiger partial charge in [-0.05, 0) is 31.0 Å². The van der Waals surface area contributed by atoms with Crippen LogP contribution in [-0.4, -0.2) is 12.5 Å². The highest BCUT2D eigenvalue weighted by atomic mass is 19.4. The van der Waals surface area contributed by atoms with Crippen LogP contribution in [0, 0.1) is 12.3 Å². The molecule has 0 heterocycles. The molecule has 1 rings (SSSR count). The number of hydrogen-bond donors (Lipinski definition) is 1. The molecule has 0 aliphatic rings. The van der Waals surface area contributed by atoms with Crippen molar-refractivity contribution in [2.45, 2.75) is 25.4 Å². The summed E-state index contributed by atoms with van der Waals surface area (Å²) in [4.78, 5) is 11.6. The van der Waals surface area contributed by atoms with Gasteiger partial charge >= 0.3 is 6.18 Å². The second-order valence-corrected chi connectivity index (χ2v) is 4.00. The summed E-state index contributed by atoms with van der Waals surface area (Å²) in [6.45, 7) is 0.400. The molecule has 0 spiro atoms. The molecule has 0 aliphatic heterocycles. The maximum atomic E-state index is 12.5. The lowest BCUT2D eigenvalue weighted by Crippen LogP contribution is -2.24. The molecule has 0 saturated carbocycles. The Labute approximate surface area is 110 Å². The first-order chi connectivity index (χ1) is 8.95. The molecule has 2 nitrogen and oxygen atoms in total. The van der Waals surface area contributed by atoms with Crippen LogP contribution >= 0.6 is 0 Å². The molecule has 5 heteroatoms. The van der Waals surface area contributed by atoms with E-state index in [9.17, 15) is 18.0 Å². The topological polar surface area (TPSA) is 29.1 Å². The van der Waals surface area contributed by atoms with E-state index < -0.39 is 17.6 Å². The number of unbranched alkanes of at least 4 members (excludes halogenated alkanes) is 2. The predicted octanol–water partition coefficient (Wildman–Crippen LogP) is 3.24. The second-order valence-electron chi connectivity index (χ2n) is 4.00. The van der Waals surface area contributed by atoms with Gasteiger partial charge in [-0.2, -0.15) is 13.2 Å². The standard InChI is InChI=1S/C14H14F3NO/c1-2-3-4-5-9-18-13(19)11-7-6-8-12(10-11)14(15,16)17/h1,6-8,10H,3-5,9H2,(H,18,19). The molecule has 0 aromatic heterocycles. The van der Waals surface area contributed by atoms with Crippen molar-refractivity contribution < 1.29 is 18.0 Å². The summed E-state index contributed by atoms with van der Waals surface area (Å²) in [5.74, 6) is 1.97. The van der Waals surface area contributed by atoms with Gasteiger partial charge in [0.15, 0.2) is 0 Å². The van der Waals surface area contributed by atoms with E-state index in [1.807, 2.05) is 0 Å². The van der Waals surface area contributed by atoms with Gasteiger partial charge in [-0.15, -0.1) is 12.3 Å². The smallest absolute Gasteiger partial charge is 0.352 e. The van der Waals surface area contributed by atoms with Crippen molar-refractivity contribution in [2.24, 2.45) is 0 Å². The van der Waals surface area contributed by atoms with Gasteiger partial charge in [0.1, 0.15) is 0 Å². The van der Waals surface area contributed by atoms with Crippen molar-refractivity contribution in [1.82, 2.24) is 5.32 Å². The highest BCUT2D eigenvalue weighted by Gasteiger charge is 2.30. The van der Waals surface area contributed by atoms with Gasteiger partial charge in [-0.1, -0.05) is 6.07 Å². The van der Waals surface area contributed by atoms with Gasteiger partial charge < -0.3 is 5.32 Å². The number of hydrogen-bond acceptors (Lipinski definition) is 1. The Hall–Kier alpha value is -1.96. The maximum absolute atomic E-state index is 12.5. The van der Waals surface area contributed by atoms with Crippen molar-refractivity contribution >= 4 is 5.91 Å². The third-order valence-corrected chi connectivity index (χ3v) is 2.49. The third kappa shape index (κ3) is 5.04.